The molecule has 17 heavy (non-hydrogen) atoms. The Morgan fingerprint density at radius 1 is 1.47 bits per heavy atom. The Hall–Kier alpha value is -1.06. The molecule has 0 heterocycles. The van der Waals surface area contributed by atoms with E-state index in [4.69, 9.17) is 20.7 Å². The Morgan fingerprint density at radius 3 is 2.35 bits per heavy atom. The number of carboxylic acids is 1. The number of hydrogen-bond donors (Lipinski definition) is 5. The molecular formula is C9H17NO7. The van der Waals surface area contributed by atoms with Crippen LogP contribution in [0, 0.1) is 0 Å². The van der Waals surface area contributed by atoms with Gasteiger partial charge in [-0.3, -0.25) is 0 Å². The van der Waals surface area contributed by atoms with Crippen LogP contribution in [-0.4, -0.2) is 69.7 Å². The van der Waals surface area contributed by atoms with E-state index in [1.54, 1.807) is 0 Å². The molecule has 0 amide bonds. The fourth-order valence-electron chi connectivity index (χ4n) is 1.10. The van der Waals surface area contributed by atoms with Crippen LogP contribution in [0.15, 0.2) is 0 Å². The molecule has 0 aromatic heterocycles. The number of ether oxygens (including phenoxy) is 1. The van der Waals surface area contributed by atoms with E-state index in [1.165, 1.54) is 6.92 Å². The van der Waals surface area contributed by atoms with Gasteiger partial charge in [0.25, 0.3) is 0 Å². The number of rotatable bonds is 8. The predicted octanol–water partition coefficient (Wildman–Crippen LogP) is -2.91. The van der Waals surface area contributed by atoms with Gasteiger partial charge in [0, 0.05) is 0 Å². The predicted molar refractivity (Wildman–Crippen MR) is 55.1 cm³/mol. The molecule has 100 valence electrons. The standard InChI is InChI=1S/C9H17NO7/c1-4(9(15)16)17-8(5(10)2-11)7(14)6(13)3-12/h2,4-8,12-14H,3,10H2,1H3,(H,15,16)/t4-,5-,6-,7-,8-/m1/s1. The molecule has 0 spiro atoms. The molecule has 0 aliphatic carbocycles. The zero-order valence-electron chi connectivity index (χ0n) is 9.26. The first-order valence-electron chi connectivity index (χ1n) is 4.91. The molecule has 8 heteroatoms. The number of aliphatic carboxylic acids is 1. The minimum absolute atomic E-state index is 0.256. The van der Waals surface area contributed by atoms with E-state index in [1.807, 2.05) is 0 Å². The summed E-state index contributed by atoms with van der Waals surface area (Å²) in [6.07, 6.45) is -5.71. The third-order valence-electron chi connectivity index (χ3n) is 2.16. The lowest BCUT2D eigenvalue weighted by Crippen LogP contribution is -2.53. The lowest BCUT2D eigenvalue weighted by molar-refractivity contribution is -0.166. The van der Waals surface area contributed by atoms with Gasteiger partial charge in [-0.2, -0.15) is 0 Å². The topological polar surface area (TPSA) is 150 Å². The summed E-state index contributed by atoms with van der Waals surface area (Å²) in [6, 6.07) is -1.31. The van der Waals surface area contributed by atoms with E-state index in [-0.39, 0.29) is 6.29 Å². The largest absolute Gasteiger partial charge is 0.479 e. The van der Waals surface area contributed by atoms with Gasteiger partial charge in [-0.15, -0.1) is 0 Å². The highest BCUT2D eigenvalue weighted by Crippen LogP contribution is 2.10. The van der Waals surface area contributed by atoms with Crippen LogP contribution in [0.25, 0.3) is 0 Å². The summed E-state index contributed by atoms with van der Waals surface area (Å²) < 4.78 is 4.87. The maximum atomic E-state index is 10.6. The molecule has 6 N–H and O–H groups in total. The second-order valence-corrected chi connectivity index (χ2v) is 3.54. The van der Waals surface area contributed by atoms with E-state index >= 15 is 0 Å². The Bertz CT molecular complexity index is 260. The van der Waals surface area contributed by atoms with Crippen LogP contribution in [0.5, 0.6) is 0 Å². The second-order valence-electron chi connectivity index (χ2n) is 3.54. The summed E-state index contributed by atoms with van der Waals surface area (Å²) in [5.74, 6) is -1.31. The number of nitrogens with two attached hydrogens (primary N) is 1. The summed E-state index contributed by atoms with van der Waals surface area (Å²) in [5.41, 5.74) is 5.32. The molecule has 0 rings (SSSR count). The number of carbonyl (C=O) groups is 2. The monoisotopic (exact) mass is 251 g/mol. The minimum atomic E-state index is -1.66. The quantitative estimate of drug-likeness (QED) is 0.288. The summed E-state index contributed by atoms with van der Waals surface area (Å²) >= 11 is 0. The van der Waals surface area contributed by atoms with Gasteiger partial charge >= 0.3 is 5.97 Å². The highest BCUT2D eigenvalue weighted by molar-refractivity contribution is 5.71. The molecule has 0 unspecified atom stereocenters. The Morgan fingerprint density at radius 2 is 2.00 bits per heavy atom. The molecular weight excluding hydrogens is 234 g/mol. The summed E-state index contributed by atoms with van der Waals surface area (Å²) in [4.78, 5) is 21.1. The molecule has 0 saturated heterocycles. The van der Waals surface area contributed by atoms with Crippen molar-refractivity contribution in [3.05, 3.63) is 0 Å². The van der Waals surface area contributed by atoms with E-state index in [2.05, 4.69) is 0 Å². The van der Waals surface area contributed by atoms with Crippen LogP contribution in [0.1, 0.15) is 6.92 Å². The summed E-state index contributed by atoms with van der Waals surface area (Å²) in [7, 11) is 0. The Kier molecular flexibility index (Phi) is 6.85. The van der Waals surface area contributed by atoms with Crippen molar-refractivity contribution < 1.29 is 34.8 Å². The average Bonchev–Trinajstić information content (AvgIpc) is 2.32. The van der Waals surface area contributed by atoms with Gasteiger partial charge in [-0.05, 0) is 6.92 Å². The highest BCUT2D eigenvalue weighted by atomic mass is 16.5. The van der Waals surface area contributed by atoms with E-state index in [0.29, 0.717) is 0 Å². The third kappa shape index (κ3) is 4.75. The van der Waals surface area contributed by atoms with Gasteiger partial charge in [-0.25, -0.2) is 4.79 Å². The molecule has 8 nitrogen and oxygen atoms in total. The van der Waals surface area contributed by atoms with Crippen molar-refractivity contribution in [3.8, 4) is 0 Å². The number of carbonyl (C=O) groups excluding carboxylic acids is 1. The molecule has 0 aromatic carbocycles. The van der Waals surface area contributed by atoms with Gasteiger partial charge < -0.3 is 35.7 Å². The first-order chi connectivity index (χ1) is 7.84. The first kappa shape index (κ1) is 15.9. The van der Waals surface area contributed by atoms with Crippen LogP contribution < -0.4 is 5.73 Å². The van der Waals surface area contributed by atoms with E-state index < -0.39 is 43.0 Å². The van der Waals surface area contributed by atoms with Gasteiger partial charge in [0.2, 0.25) is 0 Å². The summed E-state index contributed by atoms with van der Waals surface area (Å²) in [6.45, 7) is 0.416. The normalized spacial score (nSPS) is 20.1. The molecule has 0 fully saturated rings. The molecule has 0 aromatic rings. The first-order valence-corrected chi connectivity index (χ1v) is 4.91. The van der Waals surface area contributed by atoms with Crippen molar-refractivity contribution in [1.29, 1.82) is 0 Å². The smallest absolute Gasteiger partial charge is 0.332 e. The van der Waals surface area contributed by atoms with Gasteiger partial charge in [0.05, 0.1) is 12.6 Å². The van der Waals surface area contributed by atoms with Crippen LogP contribution >= 0.6 is 0 Å². The van der Waals surface area contributed by atoms with Crippen molar-refractivity contribution in [1.82, 2.24) is 0 Å². The number of aldehydes is 1. The SMILES string of the molecule is C[C@@H](O[C@@H]([C@H](O)[C@H](O)CO)[C@H](N)C=O)C(=O)O. The summed E-state index contributed by atoms with van der Waals surface area (Å²) in [5, 5.41) is 36.0. The van der Waals surface area contributed by atoms with E-state index in [0.717, 1.165) is 0 Å². The molecule has 0 aliphatic rings. The zero-order valence-corrected chi connectivity index (χ0v) is 9.26. The maximum absolute atomic E-state index is 10.6. The minimum Gasteiger partial charge on any atom is -0.479 e. The Balaban J connectivity index is 4.75. The molecule has 5 atom stereocenters. The molecule has 0 aliphatic heterocycles. The second kappa shape index (κ2) is 7.30. The van der Waals surface area contributed by atoms with Crippen LogP contribution in [0.4, 0.5) is 0 Å². The van der Waals surface area contributed by atoms with Crippen LogP contribution in [-0.2, 0) is 14.3 Å². The number of aliphatic hydroxyl groups is 3. The lowest BCUT2D eigenvalue weighted by atomic mass is 10.0. The molecule has 0 radical (unpaired) electrons. The van der Waals surface area contributed by atoms with Crippen molar-refractivity contribution in [2.75, 3.05) is 6.61 Å². The van der Waals surface area contributed by atoms with Gasteiger partial charge in [0.1, 0.15) is 24.6 Å². The number of aliphatic hydroxyl groups excluding tert-OH is 3. The highest BCUT2D eigenvalue weighted by Gasteiger charge is 2.34. The molecule has 0 bridgehead atoms. The van der Waals surface area contributed by atoms with Gasteiger partial charge in [0.15, 0.2) is 6.10 Å². The van der Waals surface area contributed by atoms with Crippen molar-refractivity contribution in [2.45, 2.75) is 37.4 Å². The van der Waals surface area contributed by atoms with Crippen LogP contribution in [0.3, 0.4) is 0 Å². The maximum Gasteiger partial charge on any atom is 0.332 e. The van der Waals surface area contributed by atoms with Crippen molar-refractivity contribution in [3.63, 3.8) is 0 Å². The lowest BCUT2D eigenvalue weighted by Gasteiger charge is -2.29. The number of carboxylic acid groups (broad SMARTS) is 1. The van der Waals surface area contributed by atoms with Crippen molar-refractivity contribution >= 4 is 12.3 Å². The van der Waals surface area contributed by atoms with Crippen molar-refractivity contribution in [2.24, 2.45) is 5.73 Å². The Labute approximate surface area is 97.6 Å². The number of hydrogen-bond acceptors (Lipinski definition) is 7. The third-order valence-corrected chi connectivity index (χ3v) is 2.16. The molecule has 0 saturated carbocycles. The van der Waals surface area contributed by atoms with Gasteiger partial charge in [-0.1, -0.05) is 0 Å². The van der Waals surface area contributed by atoms with E-state index in [9.17, 15) is 19.8 Å². The van der Waals surface area contributed by atoms with Crippen LogP contribution in [0.2, 0.25) is 0 Å². The fraction of sp³-hybridized carbons (Fsp3) is 0.778. The fourth-order valence-corrected chi connectivity index (χ4v) is 1.10. The zero-order chi connectivity index (χ0) is 13.6. The average molecular weight is 251 g/mol.